The zero-order valence-electron chi connectivity index (χ0n) is 19.2. The molecule has 1 N–H and O–H groups in total. The first-order valence-electron chi connectivity index (χ1n) is 12.3. The lowest BCUT2D eigenvalue weighted by molar-refractivity contribution is -0.177. The van der Waals surface area contributed by atoms with Crippen LogP contribution >= 0.6 is 0 Å². The number of esters is 1. The molecule has 0 radical (unpaired) electrons. The third-order valence-electron chi connectivity index (χ3n) is 9.55. The van der Waals surface area contributed by atoms with Crippen LogP contribution in [0.2, 0.25) is 0 Å². The van der Waals surface area contributed by atoms with E-state index in [9.17, 15) is 14.7 Å². The Balaban J connectivity index is 1.58. The minimum absolute atomic E-state index is 0.0477. The third-order valence-corrected chi connectivity index (χ3v) is 9.55. The summed E-state index contributed by atoms with van der Waals surface area (Å²) in [5.74, 6) is 1.00. The zero-order chi connectivity index (χ0) is 21.5. The van der Waals surface area contributed by atoms with E-state index < -0.39 is 0 Å². The maximum atomic E-state index is 12.7. The van der Waals surface area contributed by atoms with Gasteiger partial charge in [-0.3, -0.25) is 9.59 Å². The van der Waals surface area contributed by atoms with Gasteiger partial charge < -0.3 is 14.7 Å². The summed E-state index contributed by atoms with van der Waals surface area (Å²) in [4.78, 5) is 27.4. The van der Waals surface area contributed by atoms with Crippen molar-refractivity contribution in [1.29, 1.82) is 0 Å². The minimum atomic E-state index is -0.327. The quantitative estimate of drug-likeness (QED) is 0.683. The van der Waals surface area contributed by atoms with E-state index in [-0.39, 0.29) is 40.8 Å². The average Bonchev–Trinajstić information content (AvgIpc) is 3.31. The molecular weight excluding hydrogens is 378 g/mol. The van der Waals surface area contributed by atoms with Gasteiger partial charge in [-0.1, -0.05) is 13.8 Å². The lowest BCUT2D eigenvalue weighted by atomic mass is 9.51. The summed E-state index contributed by atoms with van der Waals surface area (Å²) >= 11 is 0. The lowest BCUT2D eigenvalue weighted by Gasteiger charge is -2.55. The van der Waals surface area contributed by atoms with Crippen molar-refractivity contribution in [2.75, 3.05) is 19.6 Å². The average molecular weight is 420 g/mol. The first-order valence-corrected chi connectivity index (χ1v) is 12.3. The number of hydrogen-bond acceptors (Lipinski definition) is 5. The van der Waals surface area contributed by atoms with Crippen LogP contribution in [0.5, 0.6) is 0 Å². The van der Waals surface area contributed by atoms with Gasteiger partial charge in [-0.25, -0.2) is 0 Å². The maximum Gasteiger partial charge on any atom is 0.302 e. The molecule has 5 heteroatoms. The van der Waals surface area contributed by atoms with Gasteiger partial charge in [0.1, 0.15) is 11.9 Å². The van der Waals surface area contributed by atoms with Crippen LogP contribution in [0, 0.1) is 28.6 Å². The van der Waals surface area contributed by atoms with E-state index in [1.54, 1.807) is 0 Å². The van der Waals surface area contributed by atoms with Gasteiger partial charge in [-0.15, -0.1) is 0 Å². The molecule has 4 fully saturated rings. The van der Waals surface area contributed by atoms with Crippen molar-refractivity contribution < 1.29 is 19.4 Å². The molecule has 3 aliphatic carbocycles. The molecule has 170 valence electrons. The minimum Gasteiger partial charge on any atom is -0.462 e. The molecule has 1 aliphatic heterocycles. The Morgan fingerprint density at radius 3 is 2.57 bits per heavy atom. The molecule has 0 unspecified atom stereocenters. The van der Waals surface area contributed by atoms with E-state index in [2.05, 4.69) is 18.7 Å². The molecule has 7 atom stereocenters. The molecular formula is C25H41NO4. The maximum absolute atomic E-state index is 12.7. The fraction of sp³-hybridized carbons (Fsp3) is 0.920. The number of aliphatic hydroxyl groups is 1. The number of ether oxygens (including phenoxy) is 1. The van der Waals surface area contributed by atoms with Gasteiger partial charge >= 0.3 is 5.97 Å². The summed E-state index contributed by atoms with van der Waals surface area (Å²) in [5.41, 5.74) is -0.280. The number of nitrogens with zero attached hydrogens (tertiary/aromatic N) is 1. The Labute approximate surface area is 181 Å². The second-order valence-electron chi connectivity index (χ2n) is 11.2. The summed E-state index contributed by atoms with van der Waals surface area (Å²) in [5, 5.41) is 10.5. The van der Waals surface area contributed by atoms with Gasteiger partial charge in [0.05, 0.1) is 6.10 Å². The van der Waals surface area contributed by atoms with Crippen LogP contribution < -0.4 is 0 Å². The molecule has 0 amide bonds. The Kier molecular flexibility index (Phi) is 6.33. The van der Waals surface area contributed by atoms with Gasteiger partial charge in [0.15, 0.2) is 0 Å². The second-order valence-corrected chi connectivity index (χ2v) is 11.2. The Bertz CT molecular complexity index is 660. The van der Waals surface area contributed by atoms with Crippen molar-refractivity contribution in [3.63, 3.8) is 0 Å². The second kappa shape index (κ2) is 8.54. The predicted molar refractivity (Wildman–Crippen MR) is 116 cm³/mol. The smallest absolute Gasteiger partial charge is 0.302 e. The van der Waals surface area contributed by atoms with E-state index >= 15 is 0 Å². The first kappa shape index (κ1) is 22.3. The van der Waals surface area contributed by atoms with Crippen LogP contribution in [0.25, 0.3) is 0 Å². The summed E-state index contributed by atoms with van der Waals surface area (Å²) in [6.07, 6.45) is 9.34. The van der Waals surface area contributed by atoms with Crippen LogP contribution in [-0.4, -0.2) is 53.6 Å². The van der Waals surface area contributed by atoms with Gasteiger partial charge in [-0.05, 0) is 88.8 Å². The van der Waals surface area contributed by atoms with Crippen LogP contribution in [-0.2, 0) is 14.3 Å². The summed E-state index contributed by atoms with van der Waals surface area (Å²) < 4.78 is 6.04. The van der Waals surface area contributed by atoms with Crippen LogP contribution in [0.15, 0.2) is 0 Å². The van der Waals surface area contributed by atoms with Crippen molar-refractivity contribution in [1.82, 2.24) is 4.90 Å². The molecule has 0 aromatic carbocycles. The van der Waals surface area contributed by atoms with E-state index in [1.807, 2.05) is 0 Å². The third kappa shape index (κ3) is 3.97. The highest BCUT2D eigenvalue weighted by molar-refractivity contribution is 5.87. The number of ketones is 1. The van der Waals surface area contributed by atoms with Gasteiger partial charge in [-0.2, -0.15) is 0 Å². The van der Waals surface area contributed by atoms with Crippen molar-refractivity contribution in [3.05, 3.63) is 0 Å². The highest BCUT2D eigenvalue weighted by Gasteiger charge is 2.59. The normalized spacial score (nSPS) is 44.8. The highest BCUT2D eigenvalue weighted by Crippen LogP contribution is 2.60. The first-order chi connectivity index (χ1) is 14.2. The molecule has 0 bridgehead atoms. The van der Waals surface area contributed by atoms with Crippen LogP contribution in [0.1, 0.15) is 85.0 Å². The molecule has 0 aromatic rings. The van der Waals surface area contributed by atoms with Crippen molar-refractivity contribution in [2.24, 2.45) is 28.6 Å². The van der Waals surface area contributed by atoms with Crippen molar-refractivity contribution in [2.45, 2.75) is 97.2 Å². The number of Topliss-reactive ketones (excluding diaryl/α,β-unsaturated/α-hetero) is 1. The molecule has 4 aliphatic rings. The number of likely N-dealkylation sites (tertiary alicyclic amines) is 1. The Hall–Kier alpha value is -0.940. The number of carbonyl (C=O) groups is 2. The summed E-state index contributed by atoms with van der Waals surface area (Å²) in [6.45, 7) is 9.53. The van der Waals surface area contributed by atoms with Gasteiger partial charge in [0, 0.05) is 30.6 Å². The zero-order valence-corrected chi connectivity index (χ0v) is 19.2. The van der Waals surface area contributed by atoms with Gasteiger partial charge in [0.25, 0.3) is 0 Å². The van der Waals surface area contributed by atoms with E-state index in [1.165, 1.54) is 32.9 Å². The Morgan fingerprint density at radius 2 is 1.87 bits per heavy atom. The molecule has 1 heterocycles. The largest absolute Gasteiger partial charge is 0.462 e. The van der Waals surface area contributed by atoms with Crippen LogP contribution in [0.4, 0.5) is 0 Å². The van der Waals surface area contributed by atoms with Gasteiger partial charge in [0.2, 0.25) is 0 Å². The molecule has 5 nitrogen and oxygen atoms in total. The van der Waals surface area contributed by atoms with E-state index in [0.717, 1.165) is 51.5 Å². The number of carbonyl (C=O) groups excluding carboxylic acids is 2. The topological polar surface area (TPSA) is 66.8 Å². The predicted octanol–water partition coefficient (Wildman–Crippen LogP) is 3.97. The van der Waals surface area contributed by atoms with E-state index in [0.29, 0.717) is 18.1 Å². The number of aliphatic hydroxyl groups excluding tert-OH is 1. The Morgan fingerprint density at radius 1 is 1.13 bits per heavy atom. The number of fused-ring (bicyclic) bond motifs is 1. The summed E-state index contributed by atoms with van der Waals surface area (Å²) in [7, 11) is 0. The fourth-order valence-electron chi connectivity index (χ4n) is 7.59. The molecule has 4 rings (SSSR count). The standard InChI is InChI=1S/C25H41NO4/c1-17(27)30-23-20-6-7-22(29)25(20,3)12-9-21(23)24(2)11-8-19(28)16-18(24)10-15-26-13-4-5-14-26/h18-21,23,28H,4-16H2,1-3H3/t18-,19-,20+,21+,23-,24-,25-/m0/s1. The molecule has 0 aromatic heterocycles. The molecule has 0 spiro atoms. The fourth-order valence-corrected chi connectivity index (χ4v) is 7.59. The van der Waals surface area contributed by atoms with E-state index in [4.69, 9.17) is 4.74 Å². The van der Waals surface area contributed by atoms with Crippen LogP contribution in [0.3, 0.4) is 0 Å². The summed E-state index contributed by atoms with van der Waals surface area (Å²) in [6, 6.07) is 0. The molecule has 1 saturated heterocycles. The number of hydrogen-bond donors (Lipinski definition) is 1. The lowest BCUT2D eigenvalue weighted by Crippen LogP contribution is -2.55. The SMILES string of the molecule is CC(=O)O[C@@H]1[C@H]([C@@]2(C)CC[C@H](O)C[C@@H]2CCN2CCCC2)CC[C@]2(C)C(=O)CC[C@H]12. The highest BCUT2D eigenvalue weighted by atomic mass is 16.5. The molecule has 3 saturated carbocycles. The number of rotatable bonds is 5. The van der Waals surface area contributed by atoms with Crippen molar-refractivity contribution in [3.8, 4) is 0 Å². The monoisotopic (exact) mass is 419 g/mol. The van der Waals surface area contributed by atoms with Crippen molar-refractivity contribution >= 4 is 11.8 Å². The molecule has 30 heavy (non-hydrogen) atoms.